The van der Waals surface area contributed by atoms with Crippen molar-refractivity contribution in [3.8, 4) is 0 Å². The second-order valence-corrected chi connectivity index (χ2v) is 6.22. The zero-order valence-corrected chi connectivity index (χ0v) is 11.2. The molecule has 0 atom stereocenters. The zero-order chi connectivity index (χ0) is 12.9. The molecule has 3 aliphatic rings. The average Bonchev–Trinajstić information content (AvgIpc) is 2.70. The Balaban J connectivity index is 1.72. The number of amides is 1. The maximum atomic E-state index is 12.2. The smallest absolute Gasteiger partial charge is 0.235 e. The van der Waals surface area contributed by atoms with E-state index in [1.54, 1.807) is 0 Å². The third kappa shape index (κ3) is 1.57. The summed E-state index contributed by atoms with van der Waals surface area (Å²) in [7, 11) is 0. The van der Waals surface area contributed by atoms with E-state index < -0.39 is 0 Å². The molecule has 3 nitrogen and oxygen atoms in total. The van der Waals surface area contributed by atoms with Crippen LogP contribution in [-0.2, 0) is 10.2 Å². The summed E-state index contributed by atoms with van der Waals surface area (Å²) >= 11 is 0. The quantitative estimate of drug-likeness (QED) is 0.810. The van der Waals surface area contributed by atoms with E-state index in [1.807, 2.05) is 0 Å². The van der Waals surface area contributed by atoms with Gasteiger partial charge in [-0.3, -0.25) is 4.79 Å². The molecule has 4 rings (SSSR count). The van der Waals surface area contributed by atoms with Crippen LogP contribution in [-0.4, -0.2) is 19.0 Å². The molecular formula is C16H20N2O. The fourth-order valence-corrected chi connectivity index (χ4v) is 3.87. The molecule has 19 heavy (non-hydrogen) atoms. The molecule has 100 valence electrons. The Labute approximate surface area is 113 Å². The van der Waals surface area contributed by atoms with E-state index in [0.717, 1.165) is 31.6 Å². The first-order valence-electron chi connectivity index (χ1n) is 7.46. The lowest BCUT2D eigenvalue weighted by Crippen LogP contribution is -2.40. The molecule has 1 saturated heterocycles. The number of hydrogen-bond donors (Lipinski definition) is 2. The first kappa shape index (κ1) is 11.5. The first-order chi connectivity index (χ1) is 9.29. The number of rotatable bonds is 1. The van der Waals surface area contributed by atoms with E-state index in [2.05, 4.69) is 28.8 Å². The SMILES string of the molecule is O=C1Nc2ccc(C3CCNCC3)cc2C12CCC2. The van der Waals surface area contributed by atoms with Crippen molar-refractivity contribution in [3.63, 3.8) is 0 Å². The lowest BCUT2D eigenvalue weighted by atomic mass is 9.65. The molecule has 0 unspecified atom stereocenters. The standard InChI is InChI=1S/C16H20N2O/c19-15-16(6-1-7-16)13-10-12(2-3-14(13)18-15)11-4-8-17-9-5-11/h2-3,10-11,17H,1,4-9H2,(H,18,19). The van der Waals surface area contributed by atoms with Crippen LogP contribution in [0.4, 0.5) is 5.69 Å². The molecule has 3 heteroatoms. The summed E-state index contributed by atoms with van der Waals surface area (Å²) in [6, 6.07) is 6.66. The lowest BCUT2D eigenvalue weighted by molar-refractivity contribution is -0.123. The van der Waals surface area contributed by atoms with E-state index in [4.69, 9.17) is 0 Å². The Kier molecular flexibility index (Phi) is 2.46. The van der Waals surface area contributed by atoms with Crippen molar-refractivity contribution in [2.75, 3.05) is 18.4 Å². The summed E-state index contributed by atoms with van der Waals surface area (Å²) in [5.74, 6) is 0.899. The molecule has 0 radical (unpaired) electrons. The molecule has 1 spiro atoms. The van der Waals surface area contributed by atoms with Crippen LogP contribution in [0.25, 0.3) is 0 Å². The van der Waals surface area contributed by atoms with Gasteiger partial charge in [0.15, 0.2) is 0 Å². The van der Waals surface area contributed by atoms with Gasteiger partial charge in [-0.15, -0.1) is 0 Å². The maximum Gasteiger partial charge on any atom is 0.235 e. The van der Waals surface area contributed by atoms with Gasteiger partial charge in [0.25, 0.3) is 0 Å². The fourth-order valence-electron chi connectivity index (χ4n) is 3.87. The molecule has 0 aromatic heterocycles. The molecule has 2 heterocycles. The second-order valence-electron chi connectivity index (χ2n) is 6.22. The lowest BCUT2D eigenvalue weighted by Gasteiger charge is -2.36. The minimum absolute atomic E-state index is 0.168. The minimum Gasteiger partial charge on any atom is -0.325 e. The number of benzene rings is 1. The summed E-state index contributed by atoms with van der Waals surface area (Å²) in [6.07, 6.45) is 5.67. The Morgan fingerprint density at radius 3 is 2.63 bits per heavy atom. The van der Waals surface area contributed by atoms with E-state index in [-0.39, 0.29) is 11.3 Å². The summed E-state index contributed by atoms with van der Waals surface area (Å²) in [5, 5.41) is 6.49. The van der Waals surface area contributed by atoms with Gasteiger partial charge < -0.3 is 10.6 Å². The van der Waals surface area contributed by atoms with Gasteiger partial charge in [-0.1, -0.05) is 18.6 Å². The van der Waals surface area contributed by atoms with Crippen LogP contribution >= 0.6 is 0 Å². The van der Waals surface area contributed by atoms with E-state index in [9.17, 15) is 4.79 Å². The number of fused-ring (bicyclic) bond motifs is 2. The summed E-state index contributed by atoms with van der Waals surface area (Å²) in [5.41, 5.74) is 3.60. The topological polar surface area (TPSA) is 41.1 Å². The fraction of sp³-hybridized carbons (Fsp3) is 0.562. The predicted molar refractivity (Wildman–Crippen MR) is 75.4 cm³/mol. The van der Waals surface area contributed by atoms with Crippen molar-refractivity contribution in [3.05, 3.63) is 29.3 Å². The van der Waals surface area contributed by atoms with Gasteiger partial charge in [-0.2, -0.15) is 0 Å². The van der Waals surface area contributed by atoms with Crippen molar-refractivity contribution in [1.29, 1.82) is 0 Å². The van der Waals surface area contributed by atoms with Crippen LogP contribution in [0.3, 0.4) is 0 Å². The van der Waals surface area contributed by atoms with Crippen molar-refractivity contribution in [2.45, 2.75) is 43.4 Å². The van der Waals surface area contributed by atoms with Gasteiger partial charge in [0.05, 0.1) is 5.41 Å². The molecule has 1 amide bonds. The number of carbonyl (C=O) groups is 1. The van der Waals surface area contributed by atoms with E-state index >= 15 is 0 Å². The number of piperidine rings is 1. The second kappa shape index (κ2) is 4.07. The molecule has 1 aliphatic carbocycles. The highest BCUT2D eigenvalue weighted by molar-refractivity contribution is 6.06. The van der Waals surface area contributed by atoms with E-state index in [0.29, 0.717) is 5.92 Å². The average molecular weight is 256 g/mol. The Bertz CT molecular complexity index is 528. The summed E-state index contributed by atoms with van der Waals surface area (Å²) in [4.78, 5) is 12.2. The van der Waals surface area contributed by atoms with Crippen molar-refractivity contribution in [1.82, 2.24) is 5.32 Å². The molecule has 0 bridgehead atoms. The first-order valence-corrected chi connectivity index (χ1v) is 7.46. The number of nitrogens with one attached hydrogen (secondary N) is 2. The molecule has 1 saturated carbocycles. The van der Waals surface area contributed by atoms with Gasteiger partial charge in [0, 0.05) is 5.69 Å². The largest absolute Gasteiger partial charge is 0.325 e. The van der Waals surface area contributed by atoms with Crippen LogP contribution in [0.1, 0.15) is 49.1 Å². The highest BCUT2D eigenvalue weighted by atomic mass is 16.2. The Morgan fingerprint density at radius 1 is 1.16 bits per heavy atom. The van der Waals surface area contributed by atoms with Gasteiger partial charge in [0.1, 0.15) is 0 Å². The summed E-state index contributed by atoms with van der Waals surface area (Å²) in [6.45, 7) is 2.23. The Hall–Kier alpha value is -1.35. The molecular weight excluding hydrogens is 236 g/mol. The minimum atomic E-state index is -0.168. The third-order valence-corrected chi connectivity index (χ3v) is 5.26. The van der Waals surface area contributed by atoms with Crippen LogP contribution in [0.2, 0.25) is 0 Å². The number of hydrogen-bond acceptors (Lipinski definition) is 2. The van der Waals surface area contributed by atoms with Gasteiger partial charge in [0.2, 0.25) is 5.91 Å². The number of anilines is 1. The molecule has 1 aromatic rings. The van der Waals surface area contributed by atoms with Crippen LogP contribution in [0.15, 0.2) is 18.2 Å². The molecule has 1 aromatic carbocycles. The normalized spacial score (nSPS) is 24.9. The Morgan fingerprint density at radius 2 is 1.95 bits per heavy atom. The molecule has 2 fully saturated rings. The molecule has 2 N–H and O–H groups in total. The van der Waals surface area contributed by atoms with Crippen LogP contribution < -0.4 is 10.6 Å². The number of carbonyl (C=O) groups excluding carboxylic acids is 1. The van der Waals surface area contributed by atoms with Crippen molar-refractivity contribution < 1.29 is 4.79 Å². The van der Waals surface area contributed by atoms with Crippen molar-refractivity contribution >= 4 is 11.6 Å². The highest BCUT2D eigenvalue weighted by Crippen LogP contribution is 2.51. The van der Waals surface area contributed by atoms with Crippen LogP contribution in [0.5, 0.6) is 0 Å². The third-order valence-electron chi connectivity index (χ3n) is 5.26. The predicted octanol–water partition coefficient (Wildman–Crippen LogP) is 2.53. The highest BCUT2D eigenvalue weighted by Gasteiger charge is 2.51. The van der Waals surface area contributed by atoms with E-state index in [1.165, 1.54) is 30.4 Å². The van der Waals surface area contributed by atoms with Gasteiger partial charge in [-0.25, -0.2) is 0 Å². The molecule has 2 aliphatic heterocycles. The van der Waals surface area contributed by atoms with Crippen molar-refractivity contribution in [2.24, 2.45) is 0 Å². The van der Waals surface area contributed by atoms with Gasteiger partial charge in [-0.05, 0) is 61.9 Å². The zero-order valence-electron chi connectivity index (χ0n) is 11.2. The maximum absolute atomic E-state index is 12.2. The van der Waals surface area contributed by atoms with Crippen LogP contribution in [0, 0.1) is 0 Å². The summed E-state index contributed by atoms with van der Waals surface area (Å²) < 4.78 is 0. The van der Waals surface area contributed by atoms with Gasteiger partial charge >= 0.3 is 0 Å². The monoisotopic (exact) mass is 256 g/mol.